The molecule has 0 radical (unpaired) electrons. The maximum Gasteiger partial charge on any atom is 0.0745 e. The summed E-state index contributed by atoms with van der Waals surface area (Å²) >= 11 is 0. The quantitative estimate of drug-likeness (QED) is 0.549. The number of ether oxygens (including phenoxy) is 1. The smallest absolute Gasteiger partial charge is 0.0745 e. The minimum atomic E-state index is 0.324. The molecule has 0 fully saturated rings. The molecule has 1 aliphatic rings. The van der Waals surface area contributed by atoms with E-state index in [1.54, 1.807) is 0 Å². The maximum atomic E-state index is 5.48. The van der Waals surface area contributed by atoms with Crippen LogP contribution in [-0.2, 0) is 4.74 Å². The summed E-state index contributed by atoms with van der Waals surface area (Å²) in [5, 5.41) is 3.23. The van der Waals surface area contributed by atoms with Crippen molar-refractivity contribution in [1.29, 1.82) is 0 Å². The summed E-state index contributed by atoms with van der Waals surface area (Å²) in [7, 11) is 0. The van der Waals surface area contributed by atoms with Gasteiger partial charge in [-0.3, -0.25) is 0 Å². The van der Waals surface area contributed by atoms with Gasteiger partial charge in [-0.2, -0.15) is 0 Å². The molecule has 0 amide bonds. The molecule has 0 spiro atoms. The van der Waals surface area contributed by atoms with Crippen LogP contribution in [0.4, 0.5) is 0 Å². The van der Waals surface area contributed by atoms with Crippen LogP contribution >= 0.6 is 0 Å². The van der Waals surface area contributed by atoms with Crippen molar-refractivity contribution < 1.29 is 4.74 Å². The molecule has 0 aromatic carbocycles. The third kappa shape index (κ3) is 2.03. The Bertz CT molecular complexity index is 122. The summed E-state index contributed by atoms with van der Waals surface area (Å²) in [4.78, 5) is 0. The molecule has 10 heavy (non-hydrogen) atoms. The molecule has 0 aromatic rings. The van der Waals surface area contributed by atoms with E-state index in [0.717, 1.165) is 13.0 Å². The summed E-state index contributed by atoms with van der Waals surface area (Å²) in [6.07, 6.45) is 5.46. The van der Waals surface area contributed by atoms with Crippen LogP contribution in [0.3, 0.4) is 0 Å². The molecule has 0 aliphatic carbocycles. The van der Waals surface area contributed by atoms with E-state index in [0.29, 0.717) is 12.1 Å². The molecular formula is C8H15NO. The highest BCUT2D eigenvalue weighted by Crippen LogP contribution is 2.01. The van der Waals surface area contributed by atoms with Gasteiger partial charge < -0.3 is 10.1 Å². The zero-order valence-electron chi connectivity index (χ0n) is 6.63. The van der Waals surface area contributed by atoms with E-state index in [1.165, 1.54) is 0 Å². The van der Waals surface area contributed by atoms with Crippen molar-refractivity contribution in [3.8, 4) is 0 Å². The van der Waals surface area contributed by atoms with Crippen LogP contribution < -0.4 is 5.32 Å². The van der Waals surface area contributed by atoms with Crippen LogP contribution in [0.5, 0.6) is 0 Å². The van der Waals surface area contributed by atoms with E-state index >= 15 is 0 Å². The summed E-state index contributed by atoms with van der Waals surface area (Å²) in [5.41, 5.74) is 0. The molecule has 1 heterocycles. The van der Waals surface area contributed by atoms with Gasteiger partial charge in [0.05, 0.1) is 12.7 Å². The Morgan fingerprint density at radius 1 is 1.50 bits per heavy atom. The van der Waals surface area contributed by atoms with Crippen LogP contribution in [0, 0.1) is 0 Å². The molecule has 0 saturated heterocycles. The molecule has 0 saturated carbocycles. The van der Waals surface area contributed by atoms with Crippen molar-refractivity contribution in [2.24, 2.45) is 0 Å². The molecule has 2 atom stereocenters. The Labute approximate surface area is 62.3 Å². The largest absolute Gasteiger partial charge is 0.386 e. The van der Waals surface area contributed by atoms with Crippen molar-refractivity contribution in [3.63, 3.8) is 0 Å². The molecule has 0 aromatic heterocycles. The molecule has 0 bridgehead atoms. The second-order valence-electron chi connectivity index (χ2n) is 2.72. The van der Waals surface area contributed by atoms with Crippen molar-refractivity contribution in [2.75, 3.05) is 6.61 Å². The second-order valence-corrected chi connectivity index (χ2v) is 2.72. The van der Waals surface area contributed by atoms with Crippen LogP contribution in [-0.4, -0.2) is 18.8 Å². The average molecular weight is 141 g/mol. The number of hydrogen-bond donors (Lipinski definition) is 1. The molecule has 58 valence electrons. The molecule has 2 heteroatoms. The zero-order valence-corrected chi connectivity index (χ0v) is 6.63. The van der Waals surface area contributed by atoms with Crippen LogP contribution in [0.25, 0.3) is 0 Å². The SMILES string of the molecule is CC1N/C=C\CCOC1C. The van der Waals surface area contributed by atoms with E-state index in [1.807, 2.05) is 6.20 Å². The molecule has 1 N–H and O–H groups in total. The van der Waals surface area contributed by atoms with Gasteiger partial charge >= 0.3 is 0 Å². The van der Waals surface area contributed by atoms with Gasteiger partial charge in [0, 0.05) is 6.04 Å². The first-order valence-electron chi connectivity index (χ1n) is 3.83. The van der Waals surface area contributed by atoms with Gasteiger partial charge in [-0.05, 0) is 26.5 Å². The van der Waals surface area contributed by atoms with Gasteiger partial charge in [-0.25, -0.2) is 0 Å². The fourth-order valence-electron chi connectivity index (χ4n) is 0.905. The normalized spacial score (nSPS) is 37.4. The number of rotatable bonds is 0. The fraction of sp³-hybridized carbons (Fsp3) is 0.750. The van der Waals surface area contributed by atoms with E-state index in [2.05, 4.69) is 25.2 Å². The summed E-state index contributed by atoms with van der Waals surface area (Å²) < 4.78 is 5.48. The van der Waals surface area contributed by atoms with E-state index in [-0.39, 0.29) is 0 Å². The van der Waals surface area contributed by atoms with Crippen molar-refractivity contribution >= 4 is 0 Å². The predicted octanol–water partition coefficient (Wildman–Crippen LogP) is 1.29. The zero-order chi connectivity index (χ0) is 7.40. The van der Waals surface area contributed by atoms with E-state index < -0.39 is 0 Å². The highest BCUT2D eigenvalue weighted by atomic mass is 16.5. The van der Waals surface area contributed by atoms with Gasteiger partial charge in [0.1, 0.15) is 0 Å². The molecule has 2 unspecified atom stereocenters. The van der Waals surface area contributed by atoms with E-state index in [9.17, 15) is 0 Å². The minimum Gasteiger partial charge on any atom is -0.386 e. The van der Waals surface area contributed by atoms with Crippen LogP contribution in [0.15, 0.2) is 12.3 Å². The molecule has 1 rings (SSSR count). The summed E-state index contributed by atoms with van der Waals surface area (Å²) in [6, 6.07) is 0.427. The Balaban J connectivity index is 2.41. The Kier molecular flexibility index (Phi) is 2.75. The lowest BCUT2D eigenvalue weighted by Gasteiger charge is -2.22. The first kappa shape index (κ1) is 7.61. The number of hydrogen-bond acceptors (Lipinski definition) is 2. The summed E-state index contributed by atoms with van der Waals surface area (Å²) in [5.74, 6) is 0. The van der Waals surface area contributed by atoms with Crippen molar-refractivity contribution in [1.82, 2.24) is 5.32 Å². The predicted molar refractivity (Wildman–Crippen MR) is 41.8 cm³/mol. The first-order chi connectivity index (χ1) is 4.80. The molecular weight excluding hydrogens is 126 g/mol. The summed E-state index contributed by atoms with van der Waals surface area (Å²) in [6.45, 7) is 5.07. The highest BCUT2D eigenvalue weighted by molar-refractivity contribution is 4.85. The monoisotopic (exact) mass is 141 g/mol. The lowest BCUT2D eigenvalue weighted by atomic mass is 10.2. The van der Waals surface area contributed by atoms with Gasteiger partial charge in [-0.1, -0.05) is 6.08 Å². The Morgan fingerprint density at radius 2 is 2.30 bits per heavy atom. The number of nitrogens with one attached hydrogen (secondary N) is 1. The van der Waals surface area contributed by atoms with Gasteiger partial charge in [0.15, 0.2) is 0 Å². The standard InChI is InChI=1S/C8H15NO/c1-7-8(2)10-6-4-3-5-9-7/h3,5,7-9H,4,6H2,1-2H3/b5-3-. The van der Waals surface area contributed by atoms with Gasteiger partial charge in [0.2, 0.25) is 0 Å². The van der Waals surface area contributed by atoms with Gasteiger partial charge in [-0.15, -0.1) is 0 Å². The lowest BCUT2D eigenvalue weighted by molar-refractivity contribution is 0.0469. The Morgan fingerprint density at radius 3 is 3.10 bits per heavy atom. The maximum absolute atomic E-state index is 5.48. The van der Waals surface area contributed by atoms with Crippen LogP contribution in [0.2, 0.25) is 0 Å². The minimum absolute atomic E-state index is 0.324. The van der Waals surface area contributed by atoms with E-state index in [4.69, 9.17) is 4.74 Å². The fourth-order valence-corrected chi connectivity index (χ4v) is 0.905. The van der Waals surface area contributed by atoms with Crippen LogP contribution in [0.1, 0.15) is 20.3 Å². The van der Waals surface area contributed by atoms with Crippen molar-refractivity contribution in [2.45, 2.75) is 32.4 Å². The second kappa shape index (κ2) is 3.62. The van der Waals surface area contributed by atoms with Gasteiger partial charge in [0.25, 0.3) is 0 Å². The third-order valence-electron chi connectivity index (χ3n) is 1.85. The highest BCUT2D eigenvalue weighted by Gasteiger charge is 2.10. The lowest BCUT2D eigenvalue weighted by Crippen LogP contribution is -2.35. The average Bonchev–Trinajstić information content (AvgIpc) is 1.92. The molecule has 1 aliphatic heterocycles. The Hall–Kier alpha value is -0.500. The van der Waals surface area contributed by atoms with Crippen molar-refractivity contribution in [3.05, 3.63) is 12.3 Å². The first-order valence-corrected chi connectivity index (χ1v) is 3.83. The topological polar surface area (TPSA) is 21.3 Å². The third-order valence-corrected chi connectivity index (χ3v) is 1.85. The molecule has 2 nitrogen and oxygen atoms in total.